The van der Waals surface area contributed by atoms with E-state index in [0.29, 0.717) is 21.9 Å². The maximum Gasteiger partial charge on any atom is 0.324 e. The standard InChI is InChI=1S/C10H10BrN5O2/c1-18-6-4-7(9(11)12-5-6)14-10(17)15-8-2-3-13-16-8/h2-5H,1H3,(H3,13,14,15,16,17). The van der Waals surface area contributed by atoms with Crippen molar-refractivity contribution in [1.82, 2.24) is 15.2 Å². The zero-order valence-electron chi connectivity index (χ0n) is 9.40. The molecule has 2 heterocycles. The van der Waals surface area contributed by atoms with E-state index < -0.39 is 6.03 Å². The summed E-state index contributed by atoms with van der Waals surface area (Å²) in [6.07, 6.45) is 3.08. The Balaban J connectivity index is 2.06. The average Bonchev–Trinajstić information content (AvgIpc) is 2.84. The molecule has 0 unspecified atom stereocenters. The number of H-pyrrole nitrogens is 1. The summed E-state index contributed by atoms with van der Waals surface area (Å²) >= 11 is 3.24. The maximum atomic E-state index is 11.7. The van der Waals surface area contributed by atoms with Crippen molar-refractivity contribution in [3.05, 3.63) is 29.1 Å². The predicted octanol–water partition coefficient (Wildman–Crippen LogP) is 2.22. The molecule has 2 aromatic heterocycles. The number of ether oxygens (including phenoxy) is 1. The molecule has 0 saturated heterocycles. The van der Waals surface area contributed by atoms with Crippen LogP contribution >= 0.6 is 15.9 Å². The number of aromatic amines is 1. The number of hydrogen-bond acceptors (Lipinski definition) is 4. The second kappa shape index (κ2) is 5.50. The Morgan fingerprint density at radius 1 is 1.50 bits per heavy atom. The molecule has 3 N–H and O–H groups in total. The molecule has 0 aliphatic heterocycles. The number of carbonyl (C=O) groups excluding carboxylic acids is 1. The van der Waals surface area contributed by atoms with E-state index in [1.54, 1.807) is 24.5 Å². The van der Waals surface area contributed by atoms with Gasteiger partial charge in [-0.2, -0.15) is 5.10 Å². The monoisotopic (exact) mass is 311 g/mol. The van der Waals surface area contributed by atoms with Gasteiger partial charge in [0.2, 0.25) is 0 Å². The van der Waals surface area contributed by atoms with Crippen molar-refractivity contribution in [1.29, 1.82) is 0 Å². The fourth-order valence-electron chi connectivity index (χ4n) is 1.23. The molecule has 2 aromatic rings. The molecule has 0 bridgehead atoms. The third kappa shape index (κ3) is 2.98. The highest BCUT2D eigenvalue weighted by atomic mass is 79.9. The van der Waals surface area contributed by atoms with Crippen LogP contribution in [0.2, 0.25) is 0 Å². The minimum atomic E-state index is -0.407. The van der Waals surface area contributed by atoms with E-state index in [1.807, 2.05) is 0 Å². The summed E-state index contributed by atoms with van der Waals surface area (Å²) in [5, 5.41) is 11.5. The Hall–Kier alpha value is -2.09. The summed E-state index contributed by atoms with van der Waals surface area (Å²) in [5.74, 6) is 1.05. The molecule has 8 heteroatoms. The quantitative estimate of drug-likeness (QED) is 0.758. The number of aromatic nitrogens is 3. The molecule has 0 atom stereocenters. The van der Waals surface area contributed by atoms with Crippen LogP contribution in [0.1, 0.15) is 0 Å². The summed E-state index contributed by atoms with van der Waals surface area (Å²) < 4.78 is 5.54. The van der Waals surface area contributed by atoms with Crippen LogP contribution in [0.25, 0.3) is 0 Å². The molecule has 0 aliphatic rings. The van der Waals surface area contributed by atoms with Crippen LogP contribution in [0.15, 0.2) is 29.1 Å². The molecule has 0 saturated carbocycles. The van der Waals surface area contributed by atoms with Crippen molar-refractivity contribution >= 4 is 33.5 Å². The minimum Gasteiger partial charge on any atom is -0.495 e. The number of anilines is 2. The lowest BCUT2D eigenvalue weighted by molar-refractivity contribution is 0.262. The highest BCUT2D eigenvalue weighted by Gasteiger charge is 2.08. The number of amides is 2. The fourth-order valence-corrected chi connectivity index (χ4v) is 1.55. The van der Waals surface area contributed by atoms with Crippen molar-refractivity contribution in [3.8, 4) is 5.75 Å². The van der Waals surface area contributed by atoms with Gasteiger partial charge >= 0.3 is 6.03 Å². The van der Waals surface area contributed by atoms with Crippen LogP contribution in [0.3, 0.4) is 0 Å². The molecule has 2 amide bonds. The number of pyridine rings is 1. The summed E-state index contributed by atoms with van der Waals surface area (Å²) in [5.41, 5.74) is 0.506. The lowest BCUT2D eigenvalue weighted by Crippen LogP contribution is -2.20. The fraction of sp³-hybridized carbons (Fsp3) is 0.100. The van der Waals surface area contributed by atoms with Crippen molar-refractivity contribution < 1.29 is 9.53 Å². The average molecular weight is 312 g/mol. The van der Waals surface area contributed by atoms with Gasteiger partial charge in [0.25, 0.3) is 0 Å². The first-order valence-corrected chi connectivity index (χ1v) is 5.75. The first-order chi connectivity index (χ1) is 8.69. The lowest BCUT2D eigenvalue weighted by Gasteiger charge is -2.08. The van der Waals surface area contributed by atoms with Crippen LogP contribution in [0.5, 0.6) is 5.75 Å². The van der Waals surface area contributed by atoms with E-state index >= 15 is 0 Å². The van der Waals surface area contributed by atoms with Crippen LogP contribution in [0.4, 0.5) is 16.3 Å². The van der Waals surface area contributed by atoms with Gasteiger partial charge < -0.3 is 10.1 Å². The van der Waals surface area contributed by atoms with E-state index in [0.717, 1.165) is 0 Å². The number of halogens is 1. The van der Waals surface area contributed by atoms with Gasteiger partial charge in [0, 0.05) is 12.1 Å². The Morgan fingerprint density at radius 3 is 3.00 bits per heavy atom. The van der Waals surface area contributed by atoms with E-state index in [9.17, 15) is 4.79 Å². The number of hydrogen-bond donors (Lipinski definition) is 3. The first-order valence-electron chi connectivity index (χ1n) is 4.96. The zero-order chi connectivity index (χ0) is 13.0. The molecule has 18 heavy (non-hydrogen) atoms. The topological polar surface area (TPSA) is 91.9 Å². The van der Waals surface area contributed by atoms with E-state index in [1.165, 1.54) is 7.11 Å². The molecule has 0 spiro atoms. The lowest BCUT2D eigenvalue weighted by atomic mass is 10.4. The SMILES string of the molecule is COc1cnc(Br)c(NC(=O)Nc2ccn[nH]2)c1. The second-order valence-electron chi connectivity index (χ2n) is 3.26. The summed E-state index contributed by atoms with van der Waals surface area (Å²) in [4.78, 5) is 15.7. The van der Waals surface area contributed by atoms with Gasteiger partial charge in [0.05, 0.1) is 25.2 Å². The van der Waals surface area contributed by atoms with Gasteiger partial charge in [-0.1, -0.05) is 0 Å². The number of nitrogens with zero attached hydrogens (tertiary/aromatic N) is 2. The van der Waals surface area contributed by atoms with Crippen molar-refractivity contribution in [2.75, 3.05) is 17.7 Å². The van der Waals surface area contributed by atoms with Gasteiger partial charge in [0.15, 0.2) is 0 Å². The molecule has 0 fully saturated rings. The molecule has 0 radical (unpaired) electrons. The van der Waals surface area contributed by atoms with Gasteiger partial charge in [0.1, 0.15) is 16.2 Å². The van der Waals surface area contributed by atoms with Gasteiger partial charge in [-0.25, -0.2) is 9.78 Å². The molecule has 0 aliphatic carbocycles. The Bertz CT molecular complexity index is 543. The van der Waals surface area contributed by atoms with Crippen molar-refractivity contribution in [3.63, 3.8) is 0 Å². The largest absolute Gasteiger partial charge is 0.495 e. The van der Waals surface area contributed by atoms with Crippen LogP contribution in [0, 0.1) is 0 Å². The highest BCUT2D eigenvalue weighted by Crippen LogP contribution is 2.24. The van der Waals surface area contributed by atoms with Crippen LogP contribution in [-0.4, -0.2) is 28.3 Å². The number of rotatable bonds is 3. The molecule has 94 valence electrons. The third-order valence-corrected chi connectivity index (χ3v) is 2.68. The van der Waals surface area contributed by atoms with Gasteiger partial charge in [-0.05, 0) is 15.9 Å². The van der Waals surface area contributed by atoms with E-state index in [4.69, 9.17) is 4.74 Å². The van der Waals surface area contributed by atoms with Gasteiger partial charge in [-0.15, -0.1) is 0 Å². The Labute approximate surface area is 111 Å². The van der Waals surface area contributed by atoms with Crippen LogP contribution < -0.4 is 15.4 Å². The summed E-state index contributed by atoms with van der Waals surface area (Å²) in [7, 11) is 1.53. The third-order valence-electron chi connectivity index (χ3n) is 2.05. The van der Waals surface area contributed by atoms with E-state index in [2.05, 4.69) is 41.7 Å². The zero-order valence-corrected chi connectivity index (χ0v) is 11.0. The number of carbonyl (C=O) groups is 1. The van der Waals surface area contributed by atoms with Gasteiger partial charge in [-0.3, -0.25) is 10.4 Å². The van der Waals surface area contributed by atoms with Crippen molar-refractivity contribution in [2.24, 2.45) is 0 Å². The number of urea groups is 1. The molecule has 2 rings (SSSR count). The second-order valence-corrected chi connectivity index (χ2v) is 4.01. The Kier molecular flexibility index (Phi) is 3.78. The predicted molar refractivity (Wildman–Crippen MR) is 69.7 cm³/mol. The first kappa shape index (κ1) is 12.4. The summed E-state index contributed by atoms with van der Waals surface area (Å²) in [6, 6.07) is 2.89. The smallest absolute Gasteiger partial charge is 0.324 e. The Morgan fingerprint density at radius 2 is 2.33 bits per heavy atom. The molecular weight excluding hydrogens is 302 g/mol. The molecular formula is C10H10BrN5O2. The van der Waals surface area contributed by atoms with E-state index in [-0.39, 0.29) is 0 Å². The number of methoxy groups -OCH3 is 1. The van der Waals surface area contributed by atoms with Crippen molar-refractivity contribution in [2.45, 2.75) is 0 Å². The minimum absolute atomic E-state index is 0.407. The molecule has 0 aromatic carbocycles. The van der Waals surface area contributed by atoms with Crippen LogP contribution in [-0.2, 0) is 0 Å². The summed E-state index contributed by atoms with van der Waals surface area (Å²) in [6.45, 7) is 0. The normalized spacial score (nSPS) is 9.89. The molecule has 7 nitrogen and oxygen atoms in total. The maximum absolute atomic E-state index is 11.7. The number of nitrogens with one attached hydrogen (secondary N) is 3. The highest BCUT2D eigenvalue weighted by molar-refractivity contribution is 9.10.